The van der Waals surface area contributed by atoms with Gasteiger partial charge in [-0.05, 0) is 6.42 Å². The Hall–Kier alpha value is -0.420. The highest BCUT2D eigenvalue weighted by Gasteiger charge is 2.61. The van der Waals surface area contributed by atoms with Crippen LogP contribution in [0.3, 0.4) is 0 Å². The second-order valence-electron chi connectivity index (χ2n) is 2.01. The third kappa shape index (κ3) is 1.78. The summed E-state index contributed by atoms with van der Waals surface area (Å²) in [5, 5.41) is 0. The Labute approximate surface area is 59.2 Å². The van der Waals surface area contributed by atoms with Crippen molar-refractivity contribution in [1.82, 2.24) is 0 Å². The molecule has 0 rings (SSSR count). The zero-order valence-corrected chi connectivity index (χ0v) is 5.55. The molecule has 0 aromatic carbocycles. The molecule has 0 aliphatic heterocycles. The van der Waals surface area contributed by atoms with Crippen molar-refractivity contribution in [3.05, 3.63) is 0 Å². The molecule has 68 valence electrons. The summed E-state index contributed by atoms with van der Waals surface area (Å²) in [6.07, 6.45) is -10.8. The average Bonchev–Trinajstić information content (AvgIpc) is 1.83. The fourth-order valence-electron chi connectivity index (χ4n) is 0.478. The molecule has 0 N–H and O–H groups in total. The highest BCUT2D eigenvalue weighted by Crippen LogP contribution is 2.40. The van der Waals surface area contributed by atoms with Gasteiger partial charge >= 0.3 is 6.18 Å². The Morgan fingerprint density at radius 3 is 1.45 bits per heavy atom. The maximum atomic E-state index is 12.3. The molecule has 0 aromatic rings. The standard InChI is InChI=1S/C5H6F6/c1-2-4(8,3(6)7)5(9,10)11/h3H,2H2,1H3. The molecule has 1 unspecified atom stereocenters. The molecule has 0 saturated heterocycles. The summed E-state index contributed by atoms with van der Waals surface area (Å²) >= 11 is 0. The van der Waals surface area contributed by atoms with Crippen LogP contribution in [0, 0.1) is 0 Å². The first-order chi connectivity index (χ1) is 4.75. The van der Waals surface area contributed by atoms with Gasteiger partial charge in [0.05, 0.1) is 0 Å². The summed E-state index contributed by atoms with van der Waals surface area (Å²) in [6.45, 7) is 0.722. The van der Waals surface area contributed by atoms with E-state index < -0.39 is 24.7 Å². The molecule has 0 aliphatic rings. The molecular formula is C5H6F6. The summed E-state index contributed by atoms with van der Waals surface area (Å²) in [6, 6.07) is 0. The number of halogens is 6. The van der Waals surface area contributed by atoms with E-state index in [0.29, 0.717) is 0 Å². The first-order valence-electron chi connectivity index (χ1n) is 2.79. The smallest absolute Gasteiger partial charge is 0.227 e. The lowest BCUT2D eigenvalue weighted by atomic mass is 10.0. The van der Waals surface area contributed by atoms with E-state index in [1.165, 1.54) is 0 Å². The molecule has 6 heteroatoms. The topological polar surface area (TPSA) is 0 Å². The molecule has 0 radical (unpaired) electrons. The van der Waals surface area contributed by atoms with Crippen LogP contribution in [0.1, 0.15) is 13.3 Å². The first-order valence-corrected chi connectivity index (χ1v) is 2.79. The van der Waals surface area contributed by atoms with Crippen molar-refractivity contribution >= 4 is 0 Å². The molecular weight excluding hydrogens is 174 g/mol. The Balaban J connectivity index is 4.61. The number of rotatable bonds is 2. The lowest BCUT2D eigenvalue weighted by molar-refractivity contribution is -0.268. The lowest BCUT2D eigenvalue weighted by Gasteiger charge is -2.25. The third-order valence-electron chi connectivity index (χ3n) is 1.33. The molecule has 0 nitrogen and oxygen atoms in total. The van der Waals surface area contributed by atoms with Gasteiger partial charge in [-0.15, -0.1) is 0 Å². The van der Waals surface area contributed by atoms with E-state index in [2.05, 4.69) is 0 Å². The molecule has 0 aromatic heterocycles. The van der Waals surface area contributed by atoms with Gasteiger partial charge in [0.2, 0.25) is 0 Å². The summed E-state index contributed by atoms with van der Waals surface area (Å²) in [7, 11) is 0. The molecule has 0 amide bonds. The van der Waals surface area contributed by atoms with Crippen LogP contribution in [0.4, 0.5) is 26.3 Å². The number of hydrogen-bond donors (Lipinski definition) is 0. The summed E-state index contributed by atoms with van der Waals surface area (Å²) in [5.74, 6) is 0. The second-order valence-corrected chi connectivity index (χ2v) is 2.01. The normalized spacial score (nSPS) is 18.5. The summed E-state index contributed by atoms with van der Waals surface area (Å²) in [5.41, 5.74) is -4.35. The van der Waals surface area contributed by atoms with E-state index in [1.54, 1.807) is 0 Å². The summed E-state index contributed by atoms with van der Waals surface area (Å²) in [4.78, 5) is 0. The Morgan fingerprint density at radius 1 is 1.09 bits per heavy atom. The molecule has 0 spiro atoms. The van der Waals surface area contributed by atoms with E-state index >= 15 is 0 Å². The molecule has 1 atom stereocenters. The maximum Gasteiger partial charge on any atom is 0.428 e. The molecule has 0 fully saturated rings. The minimum atomic E-state index is -5.49. The van der Waals surface area contributed by atoms with Crippen LogP contribution < -0.4 is 0 Å². The zero-order valence-electron chi connectivity index (χ0n) is 5.55. The van der Waals surface area contributed by atoms with Crippen LogP contribution in [0.15, 0.2) is 0 Å². The highest BCUT2D eigenvalue weighted by atomic mass is 19.4. The highest BCUT2D eigenvalue weighted by molar-refractivity contribution is 4.88. The number of hydrogen-bond acceptors (Lipinski definition) is 0. The van der Waals surface area contributed by atoms with Gasteiger partial charge in [0, 0.05) is 0 Å². The zero-order chi connectivity index (χ0) is 9.28. The van der Waals surface area contributed by atoms with Crippen LogP contribution in [-0.2, 0) is 0 Å². The van der Waals surface area contributed by atoms with Crippen LogP contribution >= 0.6 is 0 Å². The van der Waals surface area contributed by atoms with E-state index in [9.17, 15) is 26.3 Å². The second kappa shape index (κ2) is 2.91. The van der Waals surface area contributed by atoms with E-state index in [4.69, 9.17) is 0 Å². The van der Waals surface area contributed by atoms with Crippen LogP contribution in [0.2, 0.25) is 0 Å². The minimum Gasteiger partial charge on any atom is -0.227 e. The van der Waals surface area contributed by atoms with Crippen molar-refractivity contribution < 1.29 is 26.3 Å². The quantitative estimate of drug-likeness (QED) is 0.573. The fraction of sp³-hybridized carbons (Fsp3) is 1.00. The van der Waals surface area contributed by atoms with E-state index in [1.807, 2.05) is 0 Å². The molecule has 0 bridgehead atoms. The molecule has 0 saturated carbocycles. The average molecular weight is 180 g/mol. The van der Waals surface area contributed by atoms with E-state index in [-0.39, 0.29) is 0 Å². The van der Waals surface area contributed by atoms with Gasteiger partial charge in [-0.2, -0.15) is 13.2 Å². The minimum absolute atomic E-state index is 0.722. The number of alkyl halides is 6. The van der Waals surface area contributed by atoms with Gasteiger partial charge in [-0.3, -0.25) is 0 Å². The summed E-state index contributed by atoms with van der Waals surface area (Å²) < 4.78 is 69.7. The van der Waals surface area contributed by atoms with Crippen molar-refractivity contribution in [2.45, 2.75) is 31.6 Å². The van der Waals surface area contributed by atoms with Crippen LogP contribution in [0.5, 0.6) is 0 Å². The van der Waals surface area contributed by atoms with Crippen molar-refractivity contribution in [1.29, 1.82) is 0 Å². The van der Waals surface area contributed by atoms with Gasteiger partial charge < -0.3 is 0 Å². The van der Waals surface area contributed by atoms with Gasteiger partial charge in [0.15, 0.2) is 0 Å². The van der Waals surface area contributed by atoms with Crippen molar-refractivity contribution in [2.75, 3.05) is 0 Å². The largest absolute Gasteiger partial charge is 0.428 e. The first kappa shape index (κ1) is 10.6. The van der Waals surface area contributed by atoms with Crippen molar-refractivity contribution in [3.63, 3.8) is 0 Å². The molecule has 0 aliphatic carbocycles. The monoisotopic (exact) mass is 180 g/mol. The van der Waals surface area contributed by atoms with E-state index in [0.717, 1.165) is 6.92 Å². The van der Waals surface area contributed by atoms with Gasteiger partial charge in [-0.1, -0.05) is 6.92 Å². The van der Waals surface area contributed by atoms with Gasteiger partial charge in [-0.25, -0.2) is 13.2 Å². The van der Waals surface area contributed by atoms with Crippen molar-refractivity contribution in [3.8, 4) is 0 Å². The predicted octanol–water partition coefficient (Wildman–Crippen LogP) is 2.93. The Bertz CT molecular complexity index is 127. The Kier molecular flexibility index (Phi) is 2.79. The SMILES string of the molecule is CCC(F)(C(F)F)C(F)(F)F. The fourth-order valence-corrected chi connectivity index (χ4v) is 0.478. The van der Waals surface area contributed by atoms with Crippen LogP contribution in [0.25, 0.3) is 0 Å². The van der Waals surface area contributed by atoms with Crippen molar-refractivity contribution in [2.24, 2.45) is 0 Å². The predicted molar refractivity (Wildman–Crippen MR) is 26.2 cm³/mol. The maximum absolute atomic E-state index is 12.3. The van der Waals surface area contributed by atoms with Gasteiger partial charge in [0.1, 0.15) is 0 Å². The third-order valence-corrected chi connectivity index (χ3v) is 1.33. The van der Waals surface area contributed by atoms with Crippen LogP contribution in [-0.4, -0.2) is 18.3 Å². The molecule has 11 heavy (non-hydrogen) atoms. The van der Waals surface area contributed by atoms with Gasteiger partial charge in [0.25, 0.3) is 12.1 Å². The Morgan fingerprint density at radius 2 is 1.45 bits per heavy atom. The lowest BCUT2D eigenvalue weighted by Crippen LogP contribution is -2.46. The molecule has 0 heterocycles.